The summed E-state index contributed by atoms with van der Waals surface area (Å²) in [5, 5.41) is 23.5. The number of ether oxygens (including phenoxy) is 2. The molecule has 0 saturated carbocycles. The van der Waals surface area contributed by atoms with Crippen LogP contribution in [0.1, 0.15) is 83.7 Å². The zero-order valence-electron chi connectivity index (χ0n) is 25.7. The number of carboxylic acid groups (broad SMARTS) is 1. The van der Waals surface area contributed by atoms with Crippen molar-refractivity contribution in [1.29, 1.82) is 0 Å². The predicted molar refractivity (Wildman–Crippen MR) is 160 cm³/mol. The van der Waals surface area contributed by atoms with Crippen molar-refractivity contribution < 1.29 is 34.1 Å². The second-order valence-electron chi connectivity index (χ2n) is 12.7. The molecule has 1 unspecified atom stereocenters. The van der Waals surface area contributed by atoms with E-state index in [0.717, 1.165) is 29.5 Å². The van der Waals surface area contributed by atoms with E-state index in [4.69, 9.17) is 9.47 Å². The van der Waals surface area contributed by atoms with Gasteiger partial charge in [-0.05, 0) is 77.1 Å². The smallest absolute Gasteiger partial charge is 0.354 e. The first-order chi connectivity index (χ1) is 19.6. The molecule has 0 amide bonds. The summed E-state index contributed by atoms with van der Waals surface area (Å²) in [6, 6.07) is 14.8. The molecule has 2 aromatic carbocycles. The minimum absolute atomic E-state index is 0.0558. The molecule has 42 heavy (non-hydrogen) atoms. The average Bonchev–Trinajstić information content (AvgIpc) is 3.23. The normalized spacial score (nSPS) is 17.2. The predicted octanol–water partition coefficient (Wildman–Crippen LogP) is 5.48. The highest BCUT2D eigenvalue weighted by atomic mass is 16.6. The van der Waals surface area contributed by atoms with E-state index in [9.17, 15) is 24.6 Å². The molecule has 9 nitrogen and oxygen atoms in total. The molecular weight excluding hydrogens is 536 g/mol. The summed E-state index contributed by atoms with van der Waals surface area (Å²) < 4.78 is 11.3. The van der Waals surface area contributed by atoms with Crippen LogP contribution in [0.15, 0.2) is 59.9 Å². The van der Waals surface area contributed by atoms with Crippen molar-refractivity contribution in [2.24, 2.45) is 5.41 Å². The number of carbonyl (C=O) groups is 3. The number of hydrogen-bond acceptors (Lipinski definition) is 8. The first-order valence-corrected chi connectivity index (χ1v) is 14.3. The highest BCUT2D eigenvalue weighted by Crippen LogP contribution is 2.36. The molecule has 1 aliphatic rings. The van der Waals surface area contributed by atoms with Gasteiger partial charge in [0.15, 0.2) is 0 Å². The van der Waals surface area contributed by atoms with Crippen LogP contribution in [0, 0.1) is 5.41 Å². The number of nitrogens with one attached hydrogen (secondary N) is 1. The number of carboxylic acids is 1. The molecule has 1 atom stereocenters. The first kappa shape index (κ1) is 32.7. The van der Waals surface area contributed by atoms with Crippen LogP contribution in [0.25, 0.3) is 11.1 Å². The van der Waals surface area contributed by atoms with E-state index in [1.54, 1.807) is 37.8 Å². The van der Waals surface area contributed by atoms with Gasteiger partial charge in [0, 0.05) is 6.54 Å². The van der Waals surface area contributed by atoms with Crippen molar-refractivity contribution in [2.75, 3.05) is 13.2 Å². The monoisotopic (exact) mass is 580 g/mol. The quantitative estimate of drug-likeness (QED) is 0.296. The summed E-state index contributed by atoms with van der Waals surface area (Å²) in [5.74, 6) is -2.00. The van der Waals surface area contributed by atoms with Crippen molar-refractivity contribution in [3.05, 3.63) is 71.1 Å². The van der Waals surface area contributed by atoms with Crippen LogP contribution in [-0.4, -0.2) is 57.5 Å². The SMILES string of the molecule is CCCCC1(COC(=O)C(C)(C)C)NC(CO)=C(C(=O)O)N1Cc1ccc(-c2ccccc2C(=O)OC(C)(C)C)cc1. The number of esters is 2. The van der Waals surface area contributed by atoms with Crippen molar-refractivity contribution in [3.8, 4) is 11.1 Å². The molecular formula is C33H44N2O7. The van der Waals surface area contributed by atoms with Crippen molar-refractivity contribution >= 4 is 17.9 Å². The molecule has 1 heterocycles. The first-order valence-electron chi connectivity index (χ1n) is 14.3. The highest BCUT2D eigenvalue weighted by Gasteiger charge is 2.48. The van der Waals surface area contributed by atoms with Gasteiger partial charge in [-0.15, -0.1) is 0 Å². The molecule has 1 aliphatic heterocycles. The number of aliphatic carboxylic acids is 1. The number of nitrogens with zero attached hydrogens (tertiary/aromatic N) is 1. The zero-order chi connectivity index (χ0) is 31.3. The summed E-state index contributed by atoms with van der Waals surface area (Å²) in [6.45, 7) is 12.4. The van der Waals surface area contributed by atoms with Crippen LogP contribution in [0.2, 0.25) is 0 Å². The van der Waals surface area contributed by atoms with Crippen LogP contribution >= 0.6 is 0 Å². The fraction of sp³-hybridized carbons (Fsp3) is 0.485. The number of aliphatic hydroxyl groups excluding tert-OH is 1. The molecule has 228 valence electrons. The third-order valence-corrected chi connectivity index (χ3v) is 6.97. The summed E-state index contributed by atoms with van der Waals surface area (Å²) in [7, 11) is 0. The Balaban J connectivity index is 1.98. The van der Waals surface area contributed by atoms with Gasteiger partial charge >= 0.3 is 17.9 Å². The maximum atomic E-state index is 12.9. The Labute approximate surface area is 248 Å². The Bertz CT molecular complexity index is 1320. The van der Waals surface area contributed by atoms with Gasteiger partial charge in [-0.1, -0.05) is 55.8 Å². The molecule has 0 bridgehead atoms. The molecule has 0 saturated heterocycles. The second-order valence-corrected chi connectivity index (χ2v) is 12.7. The van der Waals surface area contributed by atoms with E-state index < -0.39 is 41.2 Å². The van der Waals surface area contributed by atoms with E-state index in [-0.39, 0.29) is 24.5 Å². The van der Waals surface area contributed by atoms with Crippen LogP contribution in [0.4, 0.5) is 0 Å². The van der Waals surface area contributed by atoms with E-state index in [2.05, 4.69) is 5.32 Å². The second kappa shape index (κ2) is 13.0. The van der Waals surface area contributed by atoms with Gasteiger partial charge in [-0.2, -0.15) is 0 Å². The molecule has 0 fully saturated rings. The van der Waals surface area contributed by atoms with Crippen LogP contribution in [0.5, 0.6) is 0 Å². The minimum atomic E-state index is -1.19. The molecule has 0 radical (unpaired) electrons. The van der Waals surface area contributed by atoms with Crippen molar-refractivity contribution in [1.82, 2.24) is 10.2 Å². The molecule has 3 rings (SSSR count). The highest BCUT2D eigenvalue weighted by molar-refractivity contribution is 5.97. The number of hydrogen-bond donors (Lipinski definition) is 3. The lowest BCUT2D eigenvalue weighted by molar-refractivity contribution is -0.158. The standard InChI is InChI=1S/C33H44N2O7/c1-8-9-18-33(21-41-30(40)31(2,3)4)34-26(20-36)27(28(37)38)35(33)19-22-14-16-23(17-15-22)24-12-10-11-13-25(24)29(39)42-32(5,6)7/h10-17,34,36H,8-9,18-21H2,1-7H3,(H,37,38). The molecule has 2 aromatic rings. The lowest BCUT2D eigenvalue weighted by Crippen LogP contribution is -2.57. The lowest BCUT2D eigenvalue weighted by atomic mass is 9.96. The minimum Gasteiger partial charge on any atom is -0.477 e. The van der Waals surface area contributed by atoms with Crippen LogP contribution < -0.4 is 5.32 Å². The zero-order valence-corrected chi connectivity index (χ0v) is 25.7. The molecule has 0 aliphatic carbocycles. The Hall–Kier alpha value is -3.85. The van der Waals surface area contributed by atoms with Gasteiger partial charge in [0.05, 0.1) is 23.3 Å². The molecule has 9 heteroatoms. The van der Waals surface area contributed by atoms with E-state index in [1.807, 2.05) is 64.1 Å². The van der Waals surface area contributed by atoms with Crippen molar-refractivity contribution in [3.63, 3.8) is 0 Å². The number of benzene rings is 2. The van der Waals surface area contributed by atoms with Gasteiger partial charge < -0.3 is 29.9 Å². The Morgan fingerprint density at radius 1 is 0.976 bits per heavy atom. The largest absolute Gasteiger partial charge is 0.477 e. The average molecular weight is 581 g/mol. The van der Waals surface area contributed by atoms with Gasteiger partial charge in [0.25, 0.3) is 0 Å². The summed E-state index contributed by atoms with van der Waals surface area (Å²) in [5.41, 5.74) is 0.485. The topological polar surface area (TPSA) is 125 Å². The number of carbonyl (C=O) groups excluding carboxylic acids is 2. The van der Waals surface area contributed by atoms with E-state index in [0.29, 0.717) is 12.0 Å². The van der Waals surface area contributed by atoms with Gasteiger partial charge in [-0.25, -0.2) is 9.59 Å². The fourth-order valence-electron chi connectivity index (χ4n) is 4.85. The molecule has 0 aromatic heterocycles. The van der Waals surface area contributed by atoms with E-state index >= 15 is 0 Å². The van der Waals surface area contributed by atoms with E-state index in [1.165, 1.54) is 0 Å². The van der Waals surface area contributed by atoms with Crippen LogP contribution in [0.3, 0.4) is 0 Å². The summed E-state index contributed by atoms with van der Waals surface area (Å²) in [4.78, 5) is 39.8. The maximum absolute atomic E-state index is 12.9. The Morgan fingerprint density at radius 2 is 1.62 bits per heavy atom. The maximum Gasteiger partial charge on any atom is 0.354 e. The third kappa shape index (κ3) is 7.70. The van der Waals surface area contributed by atoms with Gasteiger partial charge in [0.1, 0.15) is 23.6 Å². The Kier molecular flexibility index (Phi) is 10.1. The number of aliphatic hydroxyl groups is 1. The number of unbranched alkanes of at least 4 members (excludes halogenated alkanes) is 1. The van der Waals surface area contributed by atoms with Gasteiger partial charge in [0.2, 0.25) is 0 Å². The number of rotatable bonds is 11. The fourth-order valence-corrected chi connectivity index (χ4v) is 4.85. The molecule has 3 N–H and O–H groups in total. The van der Waals surface area contributed by atoms with Gasteiger partial charge in [-0.3, -0.25) is 4.79 Å². The van der Waals surface area contributed by atoms with Crippen LogP contribution in [-0.2, 0) is 25.6 Å². The lowest BCUT2D eigenvalue weighted by Gasteiger charge is -2.41. The molecule has 0 spiro atoms. The van der Waals surface area contributed by atoms with Crippen molar-refractivity contribution in [2.45, 2.75) is 85.5 Å². The third-order valence-electron chi connectivity index (χ3n) is 6.97. The summed E-state index contributed by atoms with van der Waals surface area (Å²) in [6.07, 6.45) is 2.07. The summed E-state index contributed by atoms with van der Waals surface area (Å²) >= 11 is 0. The Morgan fingerprint density at radius 3 is 2.17 bits per heavy atom.